The summed E-state index contributed by atoms with van der Waals surface area (Å²) in [6.07, 6.45) is 4.41. The first-order valence-electron chi connectivity index (χ1n) is 5.81. The van der Waals surface area contributed by atoms with E-state index in [0.717, 1.165) is 19.4 Å². The van der Waals surface area contributed by atoms with Crippen LogP contribution in [-0.2, 0) is 12.8 Å². The van der Waals surface area contributed by atoms with Crippen molar-refractivity contribution in [2.45, 2.75) is 31.7 Å². The SMILES string of the molecule is OCCCN[C@H]1CCc2ccccc2C1. The lowest BCUT2D eigenvalue weighted by atomic mass is 9.88. The van der Waals surface area contributed by atoms with Crippen molar-refractivity contribution in [3.05, 3.63) is 35.4 Å². The first-order valence-corrected chi connectivity index (χ1v) is 5.81. The molecule has 0 saturated carbocycles. The summed E-state index contributed by atoms with van der Waals surface area (Å²) in [4.78, 5) is 0. The number of nitrogens with one attached hydrogen (secondary N) is 1. The number of aryl methyl sites for hydroxylation is 1. The van der Waals surface area contributed by atoms with Gasteiger partial charge < -0.3 is 10.4 Å². The Hall–Kier alpha value is -0.860. The van der Waals surface area contributed by atoms with Crippen molar-refractivity contribution in [1.29, 1.82) is 0 Å². The van der Waals surface area contributed by atoms with Gasteiger partial charge >= 0.3 is 0 Å². The summed E-state index contributed by atoms with van der Waals surface area (Å²) in [5, 5.41) is 12.2. The van der Waals surface area contributed by atoms with Crippen LogP contribution in [0.3, 0.4) is 0 Å². The van der Waals surface area contributed by atoms with Gasteiger partial charge in [-0.05, 0) is 43.4 Å². The Bertz CT molecular complexity index is 311. The molecule has 0 heterocycles. The number of hydrogen-bond acceptors (Lipinski definition) is 2. The highest BCUT2D eigenvalue weighted by Crippen LogP contribution is 2.20. The van der Waals surface area contributed by atoms with Crippen molar-refractivity contribution in [1.82, 2.24) is 5.32 Å². The second-order valence-corrected chi connectivity index (χ2v) is 4.24. The molecule has 2 N–H and O–H groups in total. The van der Waals surface area contributed by atoms with Crippen molar-refractivity contribution < 1.29 is 5.11 Å². The van der Waals surface area contributed by atoms with Crippen molar-refractivity contribution >= 4 is 0 Å². The molecule has 0 radical (unpaired) electrons. The van der Waals surface area contributed by atoms with Crippen LogP contribution in [0, 0.1) is 0 Å². The highest BCUT2D eigenvalue weighted by Gasteiger charge is 2.16. The monoisotopic (exact) mass is 205 g/mol. The fourth-order valence-corrected chi connectivity index (χ4v) is 2.26. The Morgan fingerprint density at radius 1 is 1.27 bits per heavy atom. The lowest BCUT2D eigenvalue weighted by Crippen LogP contribution is -2.35. The van der Waals surface area contributed by atoms with Gasteiger partial charge in [-0.3, -0.25) is 0 Å². The fourth-order valence-electron chi connectivity index (χ4n) is 2.26. The molecule has 1 aromatic carbocycles. The molecule has 0 saturated heterocycles. The standard InChI is InChI=1S/C13H19NO/c15-9-3-8-14-13-7-6-11-4-1-2-5-12(11)10-13/h1-2,4-5,13-15H,3,6-10H2/t13-/m0/s1. The number of benzene rings is 1. The Morgan fingerprint density at radius 3 is 2.87 bits per heavy atom. The van der Waals surface area contributed by atoms with E-state index in [1.165, 1.54) is 24.0 Å². The Morgan fingerprint density at radius 2 is 2.07 bits per heavy atom. The van der Waals surface area contributed by atoms with Crippen LogP contribution in [0.1, 0.15) is 24.0 Å². The molecule has 15 heavy (non-hydrogen) atoms. The van der Waals surface area contributed by atoms with Gasteiger partial charge in [0.25, 0.3) is 0 Å². The number of rotatable bonds is 4. The molecule has 1 aliphatic carbocycles. The first kappa shape index (κ1) is 10.7. The zero-order chi connectivity index (χ0) is 10.5. The van der Waals surface area contributed by atoms with Crippen molar-refractivity contribution in [3.8, 4) is 0 Å². The molecular formula is C13H19NO. The predicted octanol–water partition coefficient (Wildman–Crippen LogP) is 1.52. The number of fused-ring (bicyclic) bond motifs is 1. The van der Waals surface area contributed by atoms with Crippen LogP contribution < -0.4 is 5.32 Å². The maximum absolute atomic E-state index is 8.71. The Labute approximate surface area is 91.3 Å². The third kappa shape index (κ3) is 2.80. The summed E-state index contributed by atoms with van der Waals surface area (Å²) in [5.74, 6) is 0. The summed E-state index contributed by atoms with van der Waals surface area (Å²) in [5.41, 5.74) is 3.00. The van der Waals surface area contributed by atoms with Gasteiger partial charge in [-0.2, -0.15) is 0 Å². The Kier molecular flexibility index (Phi) is 3.75. The average Bonchev–Trinajstić information content (AvgIpc) is 2.29. The minimum absolute atomic E-state index is 0.288. The summed E-state index contributed by atoms with van der Waals surface area (Å²) >= 11 is 0. The molecule has 0 bridgehead atoms. The van der Waals surface area contributed by atoms with E-state index >= 15 is 0 Å². The molecule has 0 unspecified atom stereocenters. The van der Waals surface area contributed by atoms with Crippen molar-refractivity contribution in [3.63, 3.8) is 0 Å². The van der Waals surface area contributed by atoms with Crippen LogP contribution in [0.25, 0.3) is 0 Å². The van der Waals surface area contributed by atoms with Crippen LogP contribution in [0.15, 0.2) is 24.3 Å². The summed E-state index contributed by atoms with van der Waals surface area (Å²) < 4.78 is 0. The molecule has 0 spiro atoms. The van der Waals surface area contributed by atoms with Gasteiger partial charge in [-0.1, -0.05) is 24.3 Å². The van der Waals surface area contributed by atoms with Crippen LogP contribution in [0.2, 0.25) is 0 Å². The molecule has 0 amide bonds. The maximum atomic E-state index is 8.71. The lowest BCUT2D eigenvalue weighted by molar-refractivity contribution is 0.281. The average molecular weight is 205 g/mol. The summed E-state index contributed by atoms with van der Waals surface area (Å²) in [6.45, 7) is 1.22. The van der Waals surface area contributed by atoms with Gasteiger partial charge in [-0.15, -0.1) is 0 Å². The normalized spacial score (nSPS) is 19.9. The van der Waals surface area contributed by atoms with Crippen LogP contribution in [-0.4, -0.2) is 24.3 Å². The van der Waals surface area contributed by atoms with E-state index in [4.69, 9.17) is 5.11 Å². The van der Waals surface area contributed by atoms with E-state index in [1.807, 2.05) is 0 Å². The first-order chi connectivity index (χ1) is 7.40. The van der Waals surface area contributed by atoms with Gasteiger partial charge in [0, 0.05) is 12.6 Å². The number of aliphatic hydroxyl groups excluding tert-OH is 1. The molecule has 2 rings (SSSR count). The van der Waals surface area contributed by atoms with E-state index in [-0.39, 0.29) is 6.61 Å². The molecule has 0 aliphatic heterocycles. The lowest BCUT2D eigenvalue weighted by Gasteiger charge is -2.25. The van der Waals surface area contributed by atoms with E-state index in [9.17, 15) is 0 Å². The second-order valence-electron chi connectivity index (χ2n) is 4.24. The summed E-state index contributed by atoms with van der Waals surface area (Å²) in [7, 11) is 0. The predicted molar refractivity (Wildman–Crippen MR) is 62.0 cm³/mol. The molecule has 0 aromatic heterocycles. The van der Waals surface area contributed by atoms with E-state index in [1.54, 1.807) is 0 Å². The highest BCUT2D eigenvalue weighted by molar-refractivity contribution is 5.30. The van der Waals surface area contributed by atoms with Gasteiger partial charge in [0.1, 0.15) is 0 Å². The molecule has 82 valence electrons. The zero-order valence-corrected chi connectivity index (χ0v) is 9.08. The quantitative estimate of drug-likeness (QED) is 0.730. The largest absolute Gasteiger partial charge is 0.396 e. The molecule has 1 aliphatic rings. The maximum Gasteiger partial charge on any atom is 0.0443 e. The molecule has 1 aromatic rings. The molecule has 1 atom stereocenters. The third-order valence-electron chi connectivity index (χ3n) is 3.11. The van der Waals surface area contributed by atoms with Crippen LogP contribution >= 0.6 is 0 Å². The van der Waals surface area contributed by atoms with Crippen molar-refractivity contribution in [2.24, 2.45) is 0 Å². The number of aliphatic hydroxyl groups is 1. The topological polar surface area (TPSA) is 32.3 Å². The van der Waals surface area contributed by atoms with E-state index in [0.29, 0.717) is 6.04 Å². The second kappa shape index (κ2) is 5.29. The van der Waals surface area contributed by atoms with E-state index in [2.05, 4.69) is 29.6 Å². The molecule has 2 heteroatoms. The minimum atomic E-state index is 0.288. The van der Waals surface area contributed by atoms with Crippen LogP contribution in [0.5, 0.6) is 0 Å². The van der Waals surface area contributed by atoms with Gasteiger partial charge in [0.05, 0.1) is 0 Å². The fraction of sp³-hybridized carbons (Fsp3) is 0.538. The third-order valence-corrected chi connectivity index (χ3v) is 3.11. The number of hydrogen-bond donors (Lipinski definition) is 2. The van der Waals surface area contributed by atoms with Gasteiger partial charge in [-0.25, -0.2) is 0 Å². The smallest absolute Gasteiger partial charge is 0.0443 e. The van der Waals surface area contributed by atoms with Gasteiger partial charge in [0.2, 0.25) is 0 Å². The Balaban J connectivity index is 1.88. The zero-order valence-electron chi connectivity index (χ0n) is 9.08. The minimum Gasteiger partial charge on any atom is -0.396 e. The molecular weight excluding hydrogens is 186 g/mol. The van der Waals surface area contributed by atoms with E-state index < -0.39 is 0 Å². The summed E-state index contributed by atoms with van der Waals surface area (Å²) in [6, 6.07) is 9.31. The molecule has 0 fully saturated rings. The van der Waals surface area contributed by atoms with Crippen LogP contribution in [0.4, 0.5) is 0 Å². The highest BCUT2D eigenvalue weighted by atomic mass is 16.3. The molecule has 2 nitrogen and oxygen atoms in total. The van der Waals surface area contributed by atoms with Gasteiger partial charge in [0.15, 0.2) is 0 Å². The van der Waals surface area contributed by atoms with Crippen molar-refractivity contribution in [2.75, 3.05) is 13.2 Å².